The van der Waals surface area contributed by atoms with Crippen molar-refractivity contribution in [2.75, 3.05) is 0 Å². The maximum absolute atomic E-state index is 6.20. The predicted octanol–water partition coefficient (Wildman–Crippen LogP) is 4.84. The number of hydrogen-bond donors (Lipinski definition) is 0. The van der Waals surface area contributed by atoms with E-state index in [1.54, 1.807) is 11.3 Å². The number of hydrogen-bond acceptors (Lipinski definition) is 1. The van der Waals surface area contributed by atoms with Crippen molar-refractivity contribution in [2.45, 2.75) is 25.6 Å². The number of alkyl halides is 1. The van der Waals surface area contributed by atoms with Crippen LogP contribution in [0.5, 0.6) is 0 Å². The molecule has 0 aliphatic rings. The van der Waals surface area contributed by atoms with Crippen molar-refractivity contribution in [3.8, 4) is 0 Å². The van der Waals surface area contributed by atoms with Crippen LogP contribution in [-0.4, -0.2) is 0 Å². The van der Waals surface area contributed by atoms with Crippen molar-refractivity contribution in [1.29, 1.82) is 0 Å². The van der Waals surface area contributed by atoms with Crippen LogP contribution < -0.4 is 0 Å². The van der Waals surface area contributed by atoms with Gasteiger partial charge in [-0.1, -0.05) is 13.8 Å². The Labute approximate surface area is 91.1 Å². The van der Waals surface area contributed by atoms with Crippen LogP contribution in [-0.2, 0) is 0 Å². The molecule has 0 bridgehead atoms. The molecule has 0 amide bonds. The Morgan fingerprint density at radius 2 is 2.17 bits per heavy atom. The predicted molar refractivity (Wildman–Crippen MR) is 60.1 cm³/mol. The zero-order chi connectivity index (χ0) is 9.14. The first-order valence-corrected chi connectivity index (χ1v) is 6.03. The average molecular weight is 268 g/mol. The third-order valence-electron chi connectivity index (χ3n) is 1.58. The first-order valence-electron chi connectivity index (χ1n) is 3.99. The van der Waals surface area contributed by atoms with E-state index in [9.17, 15) is 0 Å². The SMILES string of the molecule is CC(C)CC(Cl)c1ccc(Br)s1. The zero-order valence-corrected chi connectivity index (χ0v) is 10.3. The van der Waals surface area contributed by atoms with Crippen molar-refractivity contribution in [2.24, 2.45) is 5.92 Å². The van der Waals surface area contributed by atoms with Crippen LogP contribution in [0.2, 0.25) is 0 Å². The lowest BCUT2D eigenvalue weighted by molar-refractivity contribution is 0.578. The molecule has 0 saturated carbocycles. The molecule has 0 spiro atoms. The maximum atomic E-state index is 6.20. The fourth-order valence-electron chi connectivity index (χ4n) is 1.03. The highest BCUT2D eigenvalue weighted by atomic mass is 79.9. The van der Waals surface area contributed by atoms with Gasteiger partial charge < -0.3 is 0 Å². The Morgan fingerprint density at radius 3 is 2.58 bits per heavy atom. The van der Waals surface area contributed by atoms with Gasteiger partial charge in [0.15, 0.2) is 0 Å². The lowest BCUT2D eigenvalue weighted by atomic mass is 10.1. The number of rotatable bonds is 3. The van der Waals surface area contributed by atoms with Crippen LogP contribution in [0, 0.1) is 5.92 Å². The van der Waals surface area contributed by atoms with Crippen molar-refractivity contribution in [1.82, 2.24) is 0 Å². The summed E-state index contributed by atoms with van der Waals surface area (Å²) in [5.74, 6) is 0.661. The van der Waals surface area contributed by atoms with Crippen LogP contribution >= 0.6 is 38.9 Å². The highest BCUT2D eigenvalue weighted by molar-refractivity contribution is 9.11. The van der Waals surface area contributed by atoms with E-state index in [1.165, 1.54) is 4.88 Å². The molecule has 1 aromatic heterocycles. The van der Waals surface area contributed by atoms with Gasteiger partial charge in [-0.25, -0.2) is 0 Å². The molecule has 1 atom stereocenters. The fraction of sp³-hybridized carbons (Fsp3) is 0.556. The van der Waals surface area contributed by atoms with Gasteiger partial charge in [0.05, 0.1) is 9.16 Å². The Kier molecular flexibility index (Phi) is 4.08. The van der Waals surface area contributed by atoms with Gasteiger partial charge in [-0.15, -0.1) is 22.9 Å². The second-order valence-corrected chi connectivity index (χ2v) is 6.26. The molecular weight excluding hydrogens is 256 g/mol. The van der Waals surface area contributed by atoms with Gasteiger partial charge in [0.25, 0.3) is 0 Å². The van der Waals surface area contributed by atoms with E-state index in [0.29, 0.717) is 5.92 Å². The summed E-state index contributed by atoms with van der Waals surface area (Å²) in [4.78, 5) is 1.26. The molecule has 1 rings (SSSR count). The molecule has 1 heterocycles. The minimum Gasteiger partial charge on any atom is -0.132 e. The summed E-state index contributed by atoms with van der Waals surface area (Å²) in [6, 6.07) is 4.14. The van der Waals surface area contributed by atoms with Crippen molar-refractivity contribution >= 4 is 38.9 Å². The van der Waals surface area contributed by atoms with Crippen LogP contribution in [0.1, 0.15) is 30.5 Å². The monoisotopic (exact) mass is 266 g/mol. The molecule has 0 aliphatic heterocycles. The zero-order valence-electron chi connectivity index (χ0n) is 7.18. The highest BCUT2D eigenvalue weighted by Gasteiger charge is 2.11. The van der Waals surface area contributed by atoms with E-state index in [2.05, 4.69) is 41.9 Å². The van der Waals surface area contributed by atoms with Crippen molar-refractivity contribution in [3.05, 3.63) is 20.8 Å². The van der Waals surface area contributed by atoms with E-state index >= 15 is 0 Å². The molecule has 1 aromatic rings. The topological polar surface area (TPSA) is 0 Å². The number of halogens is 2. The average Bonchev–Trinajstić information content (AvgIpc) is 2.34. The summed E-state index contributed by atoms with van der Waals surface area (Å²) in [5, 5.41) is 0.182. The van der Waals surface area contributed by atoms with E-state index in [1.807, 2.05) is 0 Å². The molecule has 0 fully saturated rings. The van der Waals surface area contributed by atoms with E-state index in [4.69, 9.17) is 11.6 Å². The van der Waals surface area contributed by atoms with Crippen LogP contribution in [0.25, 0.3) is 0 Å². The Bertz CT molecular complexity index is 244. The summed E-state index contributed by atoms with van der Waals surface area (Å²) in [6.45, 7) is 4.38. The lowest BCUT2D eigenvalue weighted by Crippen LogP contribution is -1.93. The molecule has 0 N–H and O–H groups in total. The summed E-state index contributed by atoms with van der Waals surface area (Å²) in [5.41, 5.74) is 0. The normalized spacial score (nSPS) is 13.8. The quantitative estimate of drug-likeness (QED) is 0.688. The van der Waals surface area contributed by atoms with Crippen molar-refractivity contribution < 1.29 is 0 Å². The first-order chi connectivity index (χ1) is 5.59. The summed E-state index contributed by atoms with van der Waals surface area (Å²) >= 11 is 11.4. The van der Waals surface area contributed by atoms with Gasteiger partial charge in [-0.3, -0.25) is 0 Å². The molecule has 12 heavy (non-hydrogen) atoms. The molecule has 0 saturated heterocycles. The van der Waals surface area contributed by atoms with Gasteiger partial charge in [-0.2, -0.15) is 0 Å². The van der Waals surface area contributed by atoms with Gasteiger partial charge in [0.2, 0.25) is 0 Å². The molecule has 0 radical (unpaired) electrons. The minimum atomic E-state index is 0.182. The van der Waals surface area contributed by atoms with Crippen molar-refractivity contribution in [3.63, 3.8) is 0 Å². The second kappa shape index (κ2) is 4.64. The largest absolute Gasteiger partial charge is 0.132 e. The third-order valence-corrected chi connectivity index (χ3v) is 3.86. The molecule has 68 valence electrons. The summed E-state index contributed by atoms with van der Waals surface area (Å²) in [7, 11) is 0. The van der Waals surface area contributed by atoms with E-state index < -0.39 is 0 Å². The lowest BCUT2D eigenvalue weighted by Gasteiger charge is -2.09. The molecule has 0 aromatic carbocycles. The standard InChI is InChI=1S/C9H12BrClS/c1-6(2)5-7(11)8-3-4-9(10)12-8/h3-4,6-7H,5H2,1-2H3. The number of thiophene rings is 1. The minimum absolute atomic E-state index is 0.182. The third kappa shape index (κ3) is 3.08. The van der Waals surface area contributed by atoms with Gasteiger partial charge in [0.1, 0.15) is 0 Å². The Balaban J connectivity index is 2.58. The van der Waals surface area contributed by atoms with Gasteiger partial charge in [-0.05, 0) is 40.4 Å². The Hall–Kier alpha value is 0.470. The summed E-state index contributed by atoms with van der Waals surface area (Å²) < 4.78 is 1.16. The maximum Gasteiger partial charge on any atom is 0.0701 e. The fourth-order valence-corrected chi connectivity index (χ4v) is 3.00. The van der Waals surface area contributed by atoms with Gasteiger partial charge >= 0.3 is 0 Å². The molecular formula is C9H12BrClS. The summed E-state index contributed by atoms with van der Waals surface area (Å²) in [6.07, 6.45) is 1.05. The molecule has 0 nitrogen and oxygen atoms in total. The Morgan fingerprint density at radius 1 is 1.50 bits per heavy atom. The van der Waals surface area contributed by atoms with Crippen LogP contribution in [0.3, 0.4) is 0 Å². The van der Waals surface area contributed by atoms with Crippen LogP contribution in [0.15, 0.2) is 15.9 Å². The molecule has 3 heteroatoms. The smallest absolute Gasteiger partial charge is 0.0701 e. The second-order valence-electron chi connectivity index (χ2n) is 3.24. The highest BCUT2D eigenvalue weighted by Crippen LogP contribution is 2.34. The molecule has 1 unspecified atom stereocenters. The molecule has 0 aliphatic carbocycles. The first kappa shape index (κ1) is 10.6. The van der Waals surface area contributed by atoms with Gasteiger partial charge in [0, 0.05) is 4.88 Å². The van der Waals surface area contributed by atoms with Crippen LogP contribution in [0.4, 0.5) is 0 Å². The van der Waals surface area contributed by atoms with E-state index in [0.717, 1.165) is 10.2 Å². The van der Waals surface area contributed by atoms with E-state index in [-0.39, 0.29) is 5.38 Å².